The molecule has 6 heteroatoms. The minimum absolute atomic E-state index is 0.0198. The van der Waals surface area contributed by atoms with E-state index in [1.165, 1.54) is 0 Å². The number of fused-ring (bicyclic) bond motifs is 1. The van der Waals surface area contributed by atoms with Gasteiger partial charge in [-0.3, -0.25) is 4.79 Å². The molecule has 0 N–H and O–H groups in total. The number of carbonyl (C=O) groups excluding carboxylic acids is 1. The van der Waals surface area contributed by atoms with Crippen molar-refractivity contribution < 1.29 is 13.2 Å². The molecule has 0 bridgehead atoms. The van der Waals surface area contributed by atoms with Crippen molar-refractivity contribution in [3.8, 4) is 0 Å². The zero-order valence-electron chi connectivity index (χ0n) is 10.6. The Morgan fingerprint density at radius 2 is 1.94 bits per heavy atom. The molecule has 0 aromatic heterocycles. The first kappa shape index (κ1) is 12.8. The second kappa shape index (κ2) is 4.24. The maximum atomic E-state index is 12.1. The SMILES string of the molecule is CN1C[C@@H]2[C@@H](C(=O)N(C)C)CCS(=O)(=O)[C@@H]2C1. The van der Waals surface area contributed by atoms with Crippen LogP contribution in [0.5, 0.6) is 0 Å². The lowest BCUT2D eigenvalue weighted by atomic mass is 9.87. The highest BCUT2D eigenvalue weighted by Crippen LogP contribution is 2.36. The first-order valence-electron chi connectivity index (χ1n) is 5.94. The van der Waals surface area contributed by atoms with Crippen LogP contribution in [0.4, 0.5) is 0 Å². The molecule has 2 aliphatic rings. The van der Waals surface area contributed by atoms with Crippen LogP contribution in [0.2, 0.25) is 0 Å². The Balaban J connectivity index is 2.26. The van der Waals surface area contributed by atoms with Crippen molar-refractivity contribution in [2.45, 2.75) is 11.7 Å². The molecule has 0 saturated carbocycles. The van der Waals surface area contributed by atoms with Crippen molar-refractivity contribution in [1.29, 1.82) is 0 Å². The van der Waals surface area contributed by atoms with E-state index in [0.717, 1.165) is 0 Å². The molecule has 0 aromatic rings. The number of sulfone groups is 1. The maximum absolute atomic E-state index is 12.1. The molecule has 5 nitrogen and oxygen atoms in total. The average Bonchev–Trinajstić information content (AvgIpc) is 2.60. The topological polar surface area (TPSA) is 57.7 Å². The quantitative estimate of drug-likeness (QED) is 0.634. The smallest absolute Gasteiger partial charge is 0.225 e. The summed E-state index contributed by atoms with van der Waals surface area (Å²) in [6.45, 7) is 1.29. The first-order valence-corrected chi connectivity index (χ1v) is 7.66. The third-order valence-corrected chi connectivity index (χ3v) is 6.17. The van der Waals surface area contributed by atoms with Gasteiger partial charge in [-0.25, -0.2) is 8.42 Å². The third-order valence-electron chi connectivity index (χ3n) is 3.94. The molecule has 0 radical (unpaired) electrons. The molecule has 0 aromatic carbocycles. The highest BCUT2D eigenvalue weighted by Gasteiger charge is 2.49. The van der Waals surface area contributed by atoms with E-state index in [1.807, 2.05) is 11.9 Å². The van der Waals surface area contributed by atoms with E-state index < -0.39 is 9.84 Å². The van der Waals surface area contributed by atoms with E-state index in [2.05, 4.69) is 0 Å². The number of hydrogen-bond donors (Lipinski definition) is 0. The number of rotatable bonds is 1. The molecule has 0 aliphatic carbocycles. The van der Waals surface area contributed by atoms with Crippen LogP contribution in [0.1, 0.15) is 6.42 Å². The Hall–Kier alpha value is -0.620. The van der Waals surface area contributed by atoms with Gasteiger partial charge in [0.15, 0.2) is 9.84 Å². The molecular weight excluding hydrogens is 240 g/mol. The first-order chi connectivity index (χ1) is 7.83. The van der Waals surface area contributed by atoms with E-state index in [0.29, 0.717) is 19.5 Å². The predicted molar refractivity (Wildman–Crippen MR) is 65.4 cm³/mol. The number of carbonyl (C=O) groups is 1. The summed E-state index contributed by atoms with van der Waals surface area (Å²) in [5.41, 5.74) is 0. The minimum Gasteiger partial charge on any atom is -0.349 e. The molecule has 2 fully saturated rings. The lowest BCUT2D eigenvalue weighted by Crippen LogP contribution is -2.46. The van der Waals surface area contributed by atoms with Crippen molar-refractivity contribution in [3.05, 3.63) is 0 Å². The summed E-state index contributed by atoms with van der Waals surface area (Å²) < 4.78 is 24.0. The maximum Gasteiger partial charge on any atom is 0.225 e. The molecule has 2 aliphatic heterocycles. The summed E-state index contributed by atoms with van der Waals surface area (Å²) in [6.07, 6.45) is 0.481. The van der Waals surface area contributed by atoms with Crippen LogP contribution in [0.3, 0.4) is 0 Å². The lowest BCUT2D eigenvalue weighted by molar-refractivity contribution is -0.134. The third kappa shape index (κ3) is 2.20. The number of hydrogen-bond acceptors (Lipinski definition) is 4. The van der Waals surface area contributed by atoms with E-state index in [-0.39, 0.29) is 28.7 Å². The fourth-order valence-electron chi connectivity index (χ4n) is 3.06. The molecule has 0 spiro atoms. The minimum atomic E-state index is -3.00. The van der Waals surface area contributed by atoms with Gasteiger partial charge >= 0.3 is 0 Å². The summed E-state index contributed by atoms with van der Waals surface area (Å²) in [5.74, 6) is 0.0917. The van der Waals surface area contributed by atoms with E-state index in [4.69, 9.17) is 0 Å². The Bertz CT molecular complexity index is 418. The van der Waals surface area contributed by atoms with Crippen LogP contribution in [0, 0.1) is 11.8 Å². The van der Waals surface area contributed by atoms with Crippen LogP contribution >= 0.6 is 0 Å². The summed E-state index contributed by atoms with van der Waals surface area (Å²) in [7, 11) is 2.39. The largest absolute Gasteiger partial charge is 0.349 e. The summed E-state index contributed by atoms with van der Waals surface area (Å²) >= 11 is 0. The Morgan fingerprint density at radius 3 is 2.53 bits per heavy atom. The van der Waals surface area contributed by atoms with Crippen LogP contribution in [-0.4, -0.2) is 69.4 Å². The van der Waals surface area contributed by atoms with Crippen molar-refractivity contribution in [3.63, 3.8) is 0 Å². The zero-order chi connectivity index (χ0) is 12.8. The number of amides is 1. The van der Waals surface area contributed by atoms with Gasteiger partial charge in [0.2, 0.25) is 5.91 Å². The molecule has 3 atom stereocenters. The molecule has 1 amide bonds. The van der Waals surface area contributed by atoms with Gasteiger partial charge in [0.25, 0.3) is 0 Å². The van der Waals surface area contributed by atoms with Crippen molar-refractivity contribution >= 4 is 15.7 Å². The molecule has 2 saturated heterocycles. The summed E-state index contributed by atoms with van der Waals surface area (Å²) in [6, 6.07) is 0. The van der Waals surface area contributed by atoms with E-state index in [9.17, 15) is 13.2 Å². The Kier molecular flexibility index (Phi) is 3.20. The fourth-order valence-corrected chi connectivity index (χ4v) is 5.23. The van der Waals surface area contributed by atoms with E-state index >= 15 is 0 Å². The van der Waals surface area contributed by atoms with Gasteiger partial charge in [0.1, 0.15) is 0 Å². The van der Waals surface area contributed by atoms with Gasteiger partial charge in [0, 0.05) is 39.0 Å². The van der Waals surface area contributed by atoms with Gasteiger partial charge in [-0.15, -0.1) is 0 Å². The summed E-state index contributed by atoms with van der Waals surface area (Å²) in [4.78, 5) is 15.7. The van der Waals surface area contributed by atoms with Crippen LogP contribution in [0.25, 0.3) is 0 Å². The lowest BCUT2D eigenvalue weighted by Gasteiger charge is -2.33. The average molecular weight is 260 g/mol. The molecule has 0 unspecified atom stereocenters. The summed E-state index contributed by atoms with van der Waals surface area (Å²) in [5, 5.41) is -0.338. The highest BCUT2D eigenvalue weighted by molar-refractivity contribution is 7.92. The monoisotopic (exact) mass is 260 g/mol. The molecule has 17 heavy (non-hydrogen) atoms. The second-order valence-electron chi connectivity index (χ2n) is 5.42. The Labute approximate surface area is 103 Å². The van der Waals surface area contributed by atoms with Gasteiger partial charge in [-0.1, -0.05) is 0 Å². The standard InChI is InChI=1S/C11H20N2O3S/c1-12(2)11(14)8-4-5-17(15,16)10-7-13(3)6-9(8)10/h8-10H,4-7H2,1-3H3/t8-,9+,10+/m0/s1. The normalized spacial score (nSPS) is 36.5. The molecule has 98 valence electrons. The van der Waals surface area contributed by atoms with Gasteiger partial charge < -0.3 is 9.80 Å². The fraction of sp³-hybridized carbons (Fsp3) is 0.909. The predicted octanol–water partition coefficient (Wildman–Crippen LogP) is -0.560. The molecule has 2 heterocycles. The zero-order valence-corrected chi connectivity index (χ0v) is 11.4. The molecule has 2 rings (SSSR count). The van der Waals surface area contributed by atoms with Gasteiger partial charge in [-0.05, 0) is 13.5 Å². The van der Waals surface area contributed by atoms with Gasteiger partial charge in [0.05, 0.1) is 11.0 Å². The van der Waals surface area contributed by atoms with Crippen LogP contribution < -0.4 is 0 Å². The Morgan fingerprint density at radius 1 is 1.29 bits per heavy atom. The van der Waals surface area contributed by atoms with Crippen molar-refractivity contribution in [2.24, 2.45) is 11.8 Å². The van der Waals surface area contributed by atoms with Crippen LogP contribution in [-0.2, 0) is 14.6 Å². The van der Waals surface area contributed by atoms with Gasteiger partial charge in [-0.2, -0.15) is 0 Å². The highest BCUT2D eigenvalue weighted by atomic mass is 32.2. The number of likely N-dealkylation sites (tertiary alicyclic amines) is 1. The van der Waals surface area contributed by atoms with Crippen molar-refractivity contribution in [1.82, 2.24) is 9.80 Å². The van der Waals surface area contributed by atoms with Crippen molar-refractivity contribution in [2.75, 3.05) is 40.0 Å². The van der Waals surface area contributed by atoms with E-state index in [1.54, 1.807) is 19.0 Å². The number of nitrogens with zero attached hydrogens (tertiary/aromatic N) is 2. The second-order valence-corrected chi connectivity index (χ2v) is 7.76. The van der Waals surface area contributed by atoms with Crippen LogP contribution in [0.15, 0.2) is 0 Å². The molecular formula is C11H20N2O3S.